The van der Waals surface area contributed by atoms with Gasteiger partial charge in [-0.3, -0.25) is 4.21 Å². The molecule has 0 aliphatic carbocycles. The second-order valence-corrected chi connectivity index (χ2v) is 7.87. The number of hydrogen-bond acceptors (Lipinski definition) is 6. The number of ether oxygens (including phenoxy) is 1. The first kappa shape index (κ1) is 18.3. The lowest BCUT2D eigenvalue weighted by Gasteiger charge is -2.06. The van der Waals surface area contributed by atoms with Gasteiger partial charge in [0.05, 0.1) is 27.0 Å². The highest BCUT2D eigenvalue weighted by Gasteiger charge is 2.15. The first-order chi connectivity index (χ1) is 12.5. The number of hydrogen-bond donors (Lipinski definition) is 1. The van der Waals surface area contributed by atoms with Crippen molar-refractivity contribution in [3.63, 3.8) is 0 Å². The van der Waals surface area contributed by atoms with Gasteiger partial charge in [-0.15, -0.1) is 11.3 Å². The monoisotopic (exact) mass is 386 g/mol. The van der Waals surface area contributed by atoms with Crippen LogP contribution in [0.25, 0.3) is 0 Å². The summed E-state index contributed by atoms with van der Waals surface area (Å²) in [6, 6.07) is 14.8. The molecule has 0 aliphatic rings. The molecule has 7 heteroatoms. The van der Waals surface area contributed by atoms with Gasteiger partial charge in [-0.2, -0.15) is 0 Å². The quantitative estimate of drug-likeness (QED) is 0.640. The fraction of sp³-hybridized carbons (Fsp3) is 0.158. The van der Waals surface area contributed by atoms with Gasteiger partial charge in [0, 0.05) is 17.3 Å². The van der Waals surface area contributed by atoms with Crippen LogP contribution in [-0.2, 0) is 22.1 Å². The smallest absolute Gasteiger partial charge is 0.339 e. The summed E-state index contributed by atoms with van der Waals surface area (Å²) in [5, 5.41) is 5.79. The molecule has 2 aromatic carbocycles. The lowest BCUT2D eigenvalue weighted by molar-refractivity contribution is 0.0464. The Labute approximate surface area is 158 Å². The topological polar surface area (TPSA) is 68.3 Å². The van der Waals surface area contributed by atoms with Crippen LogP contribution >= 0.6 is 11.3 Å². The van der Waals surface area contributed by atoms with E-state index in [9.17, 15) is 9.00 Å². The van der Waals surface area contributed by atoms with Gasteiger partial charge < -0.3 is 10.1 Å². The number of aromatic nitrogens is 1. The SMILES string of the molecule is Cc1ccc(Nc2nc(COC(=O)c3ccccc3S(C)=O)cs2)cc1. The summed E-state index contributed by atoms with van der Waals surface area (Å²) < 4.78 is 17.1. The molecule has 1 atom stereocenters. The molecule has 0 fully saturated rings. The van der Waals surface area contributed by atoms with Gasteiger partial charge in [0.15, 0.2) is 5.13 Å². The Morgan fingerprint density at radius 1 is 1.19 bits per heavy atom. The van der Waals surface area contributed by atoms with E-state index in [0.717, 1.165) is 10.8 Å². The highest BCUT2D eigenvalue weighted by molar-refractivity contribution is 7.84. The van der Waals surface area contributed by atoms with E-state index in [-0.39, 0.29) is 6.61 Å². The van der Waals surface area contributed by atoms with Crippen molar-refractivity contribution in [1.29, 1.82) is 0 Å². The minimum absolute atomic E-state index is 0.0651. The molecule has 0 saturated heterocycles. The lowest BCUT2D eigenvalue weighted by atomic mass is 10.2. The molecule has 0 spiro atoms. The molecular formula is C19H18N2O3S2. The predicted octanol–water partition coefficient (Wildman–Crippen LogP) is 4.29. The zero-order valence-corrected chi connectivity index (χ0v) is 16.0. The fourth-order valence-corrected chi connectivity index (χ4v) is 3.74. The van der Waals surface area contributed by atoms with E-state index in [0.29, 0.717) is 16.2 Å². The Kier molecular flexibility index (Phi) is 5.80. The number of benzene rings is 2. The van der Waals surface area contributed by atoms with Crippen LogP contribution in [0, 0.1) is 6.92 Å². The molecule has 3 rings (SSSR count). The second kappa shape index (κ2) is 8.25. The van der Waals surface area contributed by atoms with Crippen LogP contribution in [0.1, 0.15) is 21.6 Å². The largest absolute Gasteiger partial charge is 0.456 e. The van der Waals surface area contributed by atoms with Crippen molar-refractivity contribution < 1.29 is 13.7 Å². The van der Waals surface area contributed by atoms with Gasteiger partial charge >= 0.3 is 5.97 Å². The Morgan fingerprint density at radius 3 is 2.65 bits per heavy atom. The summed E-state index contributed by atoms with van der Waals surface area (Å²) in [7, 11) is -1.25. The number of anilines is 2. The van der Waals surface area contributed by atoms with Gasteiger partial charge in [0.25, 0.3) is 0 Å². The molecule has 0 aliphatic heterocycles. The van der Waals surface area contributed by atoms with E-state index < -0.39 is 16.8 Å². The van der Waals surface area contributed by atoms with E-state index in [2.05, 4.69) is 10.3 Å². The van der Waals surface area contributed by atoms with E-state index in [1.807, 2.05) is 36.6 Å². The van der Waals surface area contributed by atoms with E-state index >= 15 is 0 Å². The molecule has 5 nitrogen and oxygen atoms in total. The summed E-state index contributed by atoms with van der Waals surface area (Å²) in [4.78, 5) is 17.2. The highest BCUT2D eigenvalue weighted by atomic mass is 32.2. The van der Waals surface area contributed by atoms with Crippen molar-refractivity contribution in [3.8, 4) is 0 Å². The third-order valence-corrected chi connectivity index (χ3v) is 5.40. The normalized spacial score (nSPS) is 11.8. The molecule has 3 aromatic rings. The van der Waals surface area contributed by atoms with E-state index in [1.165, 1.54) is 23.2 Å². The maximum absolute atomic E-state index is 12.3. The van der Waals surface area contributed by atoms with Crippen molar-refractivity contribution >= 4 is 38.9 Å². The lowest BCUT2D eigenvalue weighted by Crippen LogP contribution is -2.09. The molecule has 0 bridgehead atoms. The molecule has 0 radical (unpaired) electrons. The Bertz CT molecular complexity index is 936. The van der Waals surface area contributed by atoms with E-state index in [4.69, 9.17) is 4.74 Å². The zero-order chi connectivity index (χ0) is 18.5. The molecule has 1 heterocycles. The number of thiazole rings is 1. The van der Waals surface area contributed by atoms with Crippen molar-refractivity contribution in [2.24, 2.45) is 0 Å². The van der Waals surface area contributed by atoms with Crippen LogP contribution in [0.2, 0.25) is 0 Å². The first-order valence-corrected chi connectivity index (χ1v) is 10.3. The van der Waals surface area contributed by atoms with Crippen LogP contribution < -0.4 is 5.32 Å². The third kappa shape index (κ3) is 4.56. The van der Waals surface area contributed by atoms with Gasteiger partial charge in [-0.25, -0.2) is 9.78 Å². The summed E-state index contributed by atoms with van der Waals surface area (Å²) >= 11 is 1.44. The van der Waals surface area contributed by atoms with Crippen molar-refractivity contribution in [3.05, 3.63) is 70.7 Å². The number of nitrogens with zero attached hydrogens (tertiary/aromatic N) is 1. The minimum Gasteiger partial charge on any atom is -0.456 e. The standard InChI is InChI=1S/C19H18N2O3S2/c1-13-7-9-14(10-8-13)20-19-21-15(12-25-19)11-24-18(22)16-5-3-4-6-17(16)26(2)23/h3-10,12H,11H2,1-2H3,(H,20,21). The maximum Gasteiger partial charge on any atom is 0.339 e. The third-order valence-electron chi connectivity index (χ3n) is 3.62. The molecule has 0 amide bonds. The fourth-order valence-electron chi connectivity index (χ4n) is 2.29. The van der Waals surface area contributed by atoms with Crippen molar-refractivity contribution in [2.75, 3.05) is 11.6 Å². The minimum atomic E-state index is -1.25. The molecule has 1 aromatic heterocycles. The zero-order valence-electron chi connectivity index (χ0n) is 14.4. The van der Waals surface area contributed by atoms with Crippen LogP contribution in [-0.4, -0.2) is 21.4 Å². The molecule has 0 saturated carbocycles. The van der Waals surface area contributed by atoms with Crippen molar-refractivity contribution in [2.45, 2.75) is 18.4 Å². The molecule has 134 valence electrons. The van der Waals surface area contributed by atoms with Crippen LogP contribution in [0.3, 0.4) is 0 Å². The first-order valence-electron chi connectivity index (χ1n) is 7.90. The van der Waals surface area contributed by atoms with Crippen LogP contribution in [0.4, 0.5) is 10.8 Å². The van der Waals surface area contributed by atoms with Gasteiger partial charge in [0.1, 0.15) is 6.61 Å². The summed E-state index contributed by atoms with van der Waals surface area (Å²) in [5.74, 6) is -0.503. The molecule has 1 unspecified atom stereocenters. The number of carbonyl (C=O) groups excluding carboxylic acids is 1. The average Bonchev–Trinajstić information content (AvgIpc) is 3.09. The van der Waals surface area contributed by atoms with Gasteiger partial charge in [-0.1, -0.05) is 29.8 Å². The molecular weight excluding hydrogens is 368 g/mol. The Hall–Kier alpha value is -2.51. The Balaban J connectivity index is 1.62. The maximum atomic E-state index is 12.3. The summed E-state index contributed by atoms with van der Waals surface area (Å²) in [6.07, 6.45) is 1.54. The predicted molar refractivity (Wildman–Crippen MR) is 104 cm³/mol. The average molecular weight is 386 g/mol. The number of aryl methyl sites for hydroxylation is 1. The number of rotatable bonds is 6. The Morgan fingerprint density at radius 2 is 1.92 bits per heavy atom. The van der Waals surface area contributed by atoms with Crippen LogP contribution in [0.15, 0.2) is 58.8 Å². The second-order valence-electron chi connectivity index (χ2n) is 5.66. The number of esters is 1. The number of carbonyl (C=O) groups is 1. The molecule has 1 N–H and O–H groups in total. The summed E-state index contributed by atoms with van der Waals surface area (Å²) in [5.41, 5.74) is 3.12. The van der Waals surface area contributed by atoms with Crippen LogP contribution in [0.5, 0.6) is 0 Å². The summed E-state index contributed by atoms with van der Waals surface area (Å²) in [6.45, 7) is 2.10. The highest BCUT2D eigenvalue weighted by Crippen LogP contribution is 2.22. The van der Waals surface area contributed by atoms with Crippen molar-refractivity contribution in [1.82, 2.24) is 4.98 Å². The van der Waals surface area contributed by atoms with E-state index in [1.54, 1.807) is 24.3 Å². The van der Waals surface area contributed by atoms with Gasteiger partial charge in [-0.05, 0) is 31.2 Å². The van der Waals surface area contributed by atoms with Gasteiger partial charge in [0.2, 0.25) is 0 Å². The number of nitrogens with one attached hydrogen (secondary N) is 1. The molecule has 26 heavy (non-hydrogen) atoms.